The Balaban J connectivity index is 0. The van der Waals surface area contributed by atoms with Gasteiger partial charge in [0.05, 0.1) is 10.9 Å². The normalized spacial score (nSPS) is 8.83. The molecule has 0 radical (unpaired) electrons. The topological polar surface area (TPSA) is 165 Å². The van der Waals surface area contributed by atoms with Crippen LogP contribution in [-0.4, -0.2) is 64.8 Å². The number of rotatable bonds is 3. The van der Waals surface area contributed by atoms with Gasteiger partial charge in [0.25, 0.3) is 0 Å². The second-order valence-corrected chi connectivity index (χ2v) is 7.50. The first-order chi connectivity index (χ1) is 16.4. The monoisotopic (exact) mass is 518 g/mol. The molecular weight excluding hydrogens is 495 g/mol. The third kappa shape index (κ3) is 24.6. The summed E-state index contributed by atoms with van der Waals surface area (Å²) in [6, 6.07) is 32.2. The van der Waals surface area contributed by atoms with Gasteiger partial charge >= 0.3 is 29.6 Å². The van der Waals surface area contributed by atoms with Gasteiger partial charge in [-0.2, -0.15) is 0 Å². The summed E-state index contributed by atoms with van der Waals surface area (Å²) in [7, 11) is -10.9. The van der Waals surface area contributed by atoms with E-state index in [9.17, 15) is 17.3 Å². The van der Waals surface area contributed by atoms with Crippen molar-refractivity contribution in [3.05, 3.63) is 91.0 Å². The quantitative estimate of drug-likeness (QED) is 0.143. The van der Waals surface area contributed by atoms with Crippen LogP contribution in [0.15, 0.2) is 106 Å². The number of benzene rings is 3. The Morgan fingerprint density at radius 1 is 0.457 bits per heavy atom. The molecule has 0 bridgehead atoms. The lowest BCUT2D eigenvalue weighted by molar-refractivity contribution is -0.232. The fraction of sp³-hybridized carbons (Fsp3) is 0. The van der Waals surface area contributed by atoms with E-state index in [0.29, 0.717) is 0 Å². The van der Waals surface area contributed by atoms with Gasteiger partial charge in [0, 0.05) is 0 Å². The molecule has 35 heavy (non-hydrogen) atoms. The van der Waals surface area contributed by atoms with Gasteiger partial charge in [0.15, 0.2) is 14.7 Å². The van der Waals surface area contributed by atoms with Gasteiger partial charge in [0.2, 0.25) is 0 Å². The molecule has 0 aliphatic rings. The van der Waals surface area contributed by atoms with Crippen LogP contribution in [0.4, 0.5) is 17.3 Å². The van der Waals surface area contributed by atoms with Gasteiger partial charge in [-0.25, -0.2) is 0 Å². The molecule has 0 amide bonds. The summed E-state index contributed by atoms with van der Waals surface area (Å²) >= 11 is 0. The molecule has 0 aliphatic carbocycles. The van der Waals surface area contributed by atoms with E-state index in [0.717, 1.165) is 0 Å². The molecule has 3 rings (SSSR count). The predicted molar refractivity (Wildman–Crippen MR) is 124 cm³/mol. The highest BCUT2D eigenvalue weighted by Crippen LogP contribution is 2.30. The first-order valence-electron chi connectivity index (χ1n) is 9.26. The zero-order valence-corrected chi connectivity index (χ0v) is 18.7. The van der Waals surface area contributed by atoms with E-state index in [4.69, 9.17) is 40.2 Å². The maximum atomic E-state index is 10.1. The molecule has 0 spiro atoms. The molecule has 188 valence electrons. The molecule has 8 nitrogen and oxygen atoms in total. The van der Waals surface area contributed by atoms with Crippen molar-refractivity contribution in [2.24, 2.45) is 0 Å². The molecule has 7 N–H and O–H groups in total. The summed E-state index contributed by atoms with van der Waals surface area (Å²) in [5.74, 6) is 0. The van der Waals surface area contributed by atoms with Crippen molar-refractivity contribution >= 4 is 40.5 Å². The van der Waals surface area contributed by atoms with Crippen molar-refractivity contribution in [1.29, 1.82) is 0 Å². The Morgan fingerprint density at radius 3 is 0.743 bits per heavy atom. The van der Waals surface area contributed by atoms with Crippen molar-refractivity contribution in [2.75, 3.05) is 0 Å². The summed E-state index contributed by atoms with van der Waals surface area (Å²) in [5, 5.41) is 56.9. The molecule has 0 aromatic heterocycles. The number of hydrogen-bond acceptors (Lipinski definition) is 8. The van der Waals surface area contributed by atoms with Crippen LogP contribution in [0, 0.1) is 0 Å². The first kappa shape index (κ1) is 34.8. The van der Waals surface area contributed by atoms with Crippen molar-refractivity contribution in [3.63, 3.8) is 0 Å². The molecule has 0 saturated heterocycles. The van der Waals surface area contributed by atoms with Crippen LogP contribution in [-0.2, 0) is 10.9 Å². The minimum Gasteiger partial charge on any atom is -0.828 e. The van der Waals surface area contributed by atoms with Crippen LogP contribution in [0.3, 0.4) is 0 Å². The molecule has 3 aromatic carbocycles. The minimum absolute atomic E-state index is 0.0146. The summed E-state index contributed by atoms with van der Waals surface area (Å²) in [6.07, 6.45) is 0. The Labute approximate surface area is 203 Å². The lowest BCUT2D eigenvalue weighted by Crippen LogP contribution is -2.23. The van der Waals surface area contributed by atoms with Gasteiger partial charge < -0.3 is 44.5 Å². The molecule has 0 aliphatic heterocycles. The van der Waals surface area contributed by atoms with Gasteiger partial charge in [-0.3, -0.25) is 12.9 Å². The largest absolute Gasteiger partial charge is 0.828 e. The van der Waals surface area contributed by atoms with Gasteiger partial charge in [-0.1, -0.05) is 54.6 Å². The van der Waals surface area contributed by atoms with Crippen LogP contribution in [0.2, 0.25) is 0 Å². The zero-order chi connectivity index (χ0) is 27.2. The highest BCUT2D eigenvalue weighted by molar-refractivity contribution is 7.97. The van der Waals surface area contributed by atoms with Crippen molar-refractivity contribution < 1.29 is 57.5 Å². The first-order valence-corrected chi connectivity index (χ1v) is 10.5. The fourth-order valence-electron chi connectivity index (χ4n) is 2.08. The van der Waals surface area contributed by atoms with E-state index >= 15 is 0 Å². The number of halogens is 4. The smallest absolute Gasteiger partial charge is 0.674 e. The Morgan fingerprint density at radius 2 is 0.600 bits per heavy atom. The summed E-state index contributed by atoms with van der Waals surface area (Å²) in [4.78, 5) is 4.08. The Hall–Kier alpha value is -2.33. The predicted octanol–water partition coefficient (Wildman–Crippen LogP) is -0.148. The molecule has 0 unspecified atom stereocenters. The lowest BCUT2D eigenvalue weighted by atomic mass is 10.3. The third-order valence-electron chi connectivity index (χ3n) is 2.94. The van der Waals surface area contributed by atoms with Crippen LogP contribution < -0.4 is 5.02 Å². The molecule has 3 aromatic rings. The van der Waals surface area contributed by atoms with E-state index in [1.54, 1.807) is 0 Å². The molecule has 17 heteroatoms. The number of hydrogen-bond donors (Lipinski definition) is 7. The standard InChI is InChI=1S/C18H15S.3BFH2O2.BFHO2/c1-4-10-16(11-5-1)19(17-12-6-2-7-13-17)18-14-8-3-9-15-18;4*2-1(3)4/h1-15H;3*3-4H;3H/q+1;;;;-1. The van der Waals surface area contributed by atoms with Gasteiger partial charge in [-0.05, 0) is 36.4 Å². The zero-order valence-electron chi connectivity index (χ0n) is 17.9. The van der Waals surface area contributed by atoms with E-state index in [-0.39, 0.29) is 10.9 Å². The fourth-order valence-corrected chi connectivity index (χ4v) is 4.18. The maximum Gasteiger partial charge on any atom is 0.674 e. The van der Waals surface area contributed by atoms with Crippen LogP contribution >= 0.6 is 0 Å². The summed E-state index contributed by atoms with van der Waals surface area (Å²) in [5.41, 5.74) is 0. The highest BCUT2D eigenvalue weighted by Gasteiger charge is 2.27. The van der Waals surface area contributed by atoms with Gasteiger partial charge in [-0.15, -0.1) is 0 Å². The SMILES string of the molecule is OB(O)F.OB(O)F.OB(O)F.[O-]B(O)F.c1ccc([S+](c2ccccc2)c2ccccc2)cc1. The molecule has 0 saturated carbocycles. The van der Waals surface area contributed by atoms with E-state index in [1.807, 2.05) is 0 Å². The van der Waals surface area contributed by atoms with E-state index in [1.165, 1.54) is 14.7 Å². The minimum atomic E-state index is -2.92. The second kappa shape index (κ2) is 22.2. The molecule has 0 atom stereocenters. The average molecular weight is 518 g/mol. The average Bonchev–Trinajstić information content (AvgIpc) is 2.75. The van der Waals surface area contributed by atoms with Gasteiger partial charge in [0.1, 0.15) is 0 Å². The second-order valence-electron chi connectivity index (χ2n) is 5.47. The van der Waals surface area contributed by atoms with Crippen molar-refractivity contribution in [3.8, 4) is 0 Å². The van der Waals surface area contributed by atoms with Crippen molar-refractivity contribution in [1.82, 2.24) is 0 Å². The van der Waals surface area contributed by atoms with Crippen LogP contribution in [0.1, 0.15) is 0 Å². The van der Waals surface area contributed by atoms with E-state index < -0.39 is 29.6 Å². The lowest BCUT2D eigenvalue weighted by Gasteiger charge is -2.07. The van der Waals surface area contributed by atoms with E-state index in [2.05, 4.69) is 91.0 Å². The summed E-state index contributed by atoms with van der Waals surface area (Å²) in [6.45, 7) is 0. The summed E-state index contributed by atoms with van der Waals surface area (Å²) < 4.78 is 40.3. The highest BCUT2D eigenvalue weighted by atomic mass is 32.2. The molecular formula is C18H22B4F4O8S. The maximum absolute atomic E-state index is 10.1. The van der Waals surface area contributed by atoms with Crippen LogP contribution in [0.5, 0.6) is 0 Å². The molecule has 0 fully saturated rings. The Kier molecular flexibility index (Phi) is 22.0. The molecule has 0 heterocycles. The van der Waals surface area contributed by atoms with Crippen LogP contribution in [0.25, 0.3) is 0 Å². The third-order valence-corrected chi connectivity index (χ3v) is 5.17. The van der Waals surface area contributed by atoms with Crippen molar-refractivity contribution in [2.45, 2.75) is 14.7 Å². The Bertz CT molecular complexity index is 719.